The third-order valence-corrected chi connectivity index (χ3v) is 6.06. The average molecular weight is 366 g/mol. The Morgan fingerprint density at radius 3 is 2.52 bits per heavy atom. The quantitative estimate of drug-likeness (QED) is 0.703. The molecule has 0 N–H and O–H groups in total. The molecule has 1 heterocycles. The van der Waals surface area contributed by atoms with Crippen molar-refractivity contribution < 1.29 is 4.74 Å². The maximum absolute atomic E-state index is 5.92. The molecule has 1 aromatic carbocycles. The van der Waals surface area contributed by atoms with Crippen LogP contribution >= 0.6 is 27.3 Å². The van der Waals surface area contributed by atoms with Crippen molar-refractivity contribution in [2.75, 3.05) is 7.11 Å². The van der Waals surface area contributed by atoms with Gasteiger partial charge in [-0.1, -0.05) is 35.0 Å². The largest absolute Gasteiger partial charge is 0.371 e. The first kappa shape index (κ1) is 15.2. The molecule has 2 aromatic rings. The second-order valence-electron chi connectivity index (χ2n) is 5.93. The SMILES string of the molecule is COC1(c2nc(-c3ccc(Br)cc3)cs2)CCC(C)CC1. The standard InChI is InChI=1S/C17H20BrNOS/c1-12-7-9-17(20-2,10-8-12)16-19-15(11-21-16)13-3-5-14(18)6-4-13/h3-6,11-12H,7-10H2,1-2H3. The summed E-state index contributed by atoms with van der Waals surface area (Å²) >= 11 is 5.21. The highest BCUT2D eigenvalue weighted by atomic mass is 79.9. The Labute approximate surface area is 138 Å². The number of benzene rings is 1. The summed E-state index contributed by atoms with van der Waals surface area (Å²) in [4.78, 5) is 4.88. The molecule has 0 bridgehead atoms. The normalized spacial score (nSPS) is 26.0. The molecule has 0 amide bonds. The molecule has 1 aliphatic rings. The van der Waals surface area contributed by atoms with E-state index in [0.29, 0.717) is 0 Å². The number of nitrogens with zero attached hydrogens (tertiary/aromatic N) is 1. The highest BCUT2D eigenvalue weighted by Gasteiger charge is 2.38. The van der Waals surface area contributed by atoms with Gasteiger partial charge in [-0.25, -0.2) is 4.98 Å². The smallest absolute Gasteiger partial charge is 0.125 e. The van der Waals surface area contributed by atoms with Crippen LogP contribution in [-0.2, 0) is 10.3 Å². The van der Waals surface area contributed by atoms with Crippen molar-refractivity contribution in [1.82, 2.24) is 4.98 Å². The minimum Gasteiger partial charge on any atom is -0.371 e. The minimum absolute atomic E-state index is 0.162. The molecular weight excluding hydrogens is 346 g/mol. The minimum atomic E-state index is -0.162. The van der Waals surface area contributed by atoms with E-state index in [1.807, 2.05) is 7.11 Å². The molecule has 1 aliphatic carbocycles. The van der Waals surface area contributed by atoms with Crippen molar-refractivity contribution >= 4 is 27.3 Å². The predicted molar refractivity (Wildman–Crippen MR) is 91.6 cm³/mol. The topological polar surface area (TPSA) is 22.1 Å². The summed E-state index contributed by atoms with van der Waals surface area (Å²) in [6.45, 7) is 2.33. The second kappa shape index (κ2) is 6.19. The van der Waals surface area contributed by atoms with Crippen LogP contribution in [0.25, 0.3) is 11.3 Å². The van der Waals surface area contributed by atoms with E-state index in [1.165, 1.54) is 12.8 Å². The molecule has 0 saturated heterocycles. The van der Waals surface area contributed by atoms with Gasteiger partial charge in [0.05, 0.1) is 5.69 Å². The summed E-state index contributed by atoms with van der Waals surface area (Å²) in [5, 5.41) is 3.28. The summed E-state index contributed by atoms with van der Waals surface area (Å²) in [6.07, 6.45) is 4.61. The maximum Gasteiger partial charge on any atom is 0.125 e. The summed E-state index contributed by atoms with van der Waals surface area (Å²) in [5.74, 6) is 0.805. The fourth-order valence-corrected chi connectivity index (χ4v) is 4.30. The molecule has 0 spiro atoms. The van der Waals surface area contributed by atoms with Crippen LogP contribution in [0.4, 0.5) is 0 Å². The number of aromatic nitrogens is 1. The summed E-state index contributed by atoms with van der Waals surface area (Å²) in [6, 6.07) is 8.32. The van der Waals surface area contributed by atoms with Gasteiger partial charge in [0.1, 0.15) is 10.6 Å². The highest BCUT2D eigenvalue weighted by Crippen LogP contribution is 2.43. The second-order valence-corrected chi connectivity index (χ2v) is 7.70. The van der Waals surface area contributed by atoms with Gasteiger partial charge in [0, 0.05) is 22.5 Å². The maximum atomic E-state index is 5.92. The molecule has 1 aromatic heterocycles. The third kappa shape index (κ3) is 3.08. The lowest BCUT2D eigenvalue weighted by atomic mass is 9.80. The molecule has 3 rings (SSSR count). The van der Waals surface area contributed by atoms with Crippen LogP contribution in [-0.4, -0.2) is 12.1 Å². The fourth-order valence-electron chi connectivity index (χ4n) is 2.97. The van der Waals surface area contributed by atoms with Crippen molar-refractivity contribution in [1.29, 1.82) is 0 Å². The Kier molecular flexibility index (Phi) is 4.48. The fraction of sp³-hybridized carbons (Fsp3) is 0.471. The van der Waals surface area contributed by atoms with E-state index >= 15 is 0 Å². The van der Waals surface area contributed by atoms with Gasteiger partial charge in [0.15, 0.2) is 0 Å². The Morgan fingerprint density at radius 2 is 1.90 bits per heavy atom. The lowest BCUT2D eigenvalue weighted by Gasteiger charge is -2.36. The first-order valence-electron chi connectivity index (χ1n) is 7.40. The van der Waals surface area contributed by atoms with Crippen LogP contribution in [0.1, 0.15) is 37.6 Å². The first-order valence-corrected chi connectivity index (χ1v) is 9.07. The number of ether oxygens (including phenoxy) is 1. The molecule has 1 saturated carbocycles. The molecule has 1 fully saturated rings. The monoisotopic (exact) mass is 365 g/mol. The van der Waals surface area contributed by atoms with Crippen LogP contribution in [0.5, 0.6) is 0 Å². The number of halogens is 1. The molecule has 112 valence electrons. The van der Waals surface area contributed by atoms with E-state index in [4.69, 9.17) is 9.72 Å². The van der Waals surface area contributed by atoms with Gasteiger partial charge in [-0.3, -0.25) is 0 Å². The van der Waals surface area contributed by atoms with Gasteiger partial charge in [-0.15, -0.1) is 11.3 Å². The Balaban J connectivity index is 1.88. The molecule has 2 nitrogen and oxygen atoms in total. The number of hydrogen-bond acceptors (Lipinski definition) is 3. The highest BCUT2D eigenvalue weighted by molar-refractivity contribution is 9.10. The third-order valence-electron chi connectivity index (χ3n) is 4.51. The molecule has 4 heteroatoms. The van der Waals surface area contributed by atoms with E-state index in [2.05, 4.69) is 52.5 Å². The summed E-state index contributed by atoms with van der Waals surface area (Å²) in [5.41, 5.74) is 2.05. The zero-order chi connectivity index (χ0) is 14.9. The van der Waals surface area contributed by atoms with Crippen molar-refractivity contribution in [3.05, 3.63) is 39.1 Å². The Bertz CT molecular complexity index is 600. The van der Waals surface area contributed by atoms with Crippen LogP contribution < -0.4 is 0 Å². The first-order chi connectivity index (χ1) is 10.1. The molecule has 0 unspecified atom stereocenters. The van der Waals surface area contributed by atoms with Gasteiger partial charge in [0.25, 0.3) is 0 Å². The molecule has 21 heavy (non-hydrogen) atoms. The molecular formula is C17H20BrNOS. The van der Waals surface area contributed by atoms with Crippen molar-refractivity contribution in [3.8, 4) is 11.3 Å². The van der Waals surface area contributed by atoms with Gasteiger partial charge >= 0.3 is 0 Å². The van der Waals surface area contributed by atoms with Crippen molar-refractivity contribution in [2.24, 2.45) is 5.92 Å². The van der Waals surface area contributed by atoms with E-state index in [9.17, 15) is 0 Å². The summed E-state index contributed by atoms with van der Waals surface area (Å²) in [7, 11) is 1.83. The van der Waals surface area contributed by atoms with E-state index in [1.54, 1.807) is 11.3 Å². The number of hydrogen-bond donors (Lipinski definition) is 0. The van der Waals surface area contributed by atoms with E-state index < -0.39 is 0 Å². The van der Waals surface area contributed by atoms with Crippen LogP contribution in [0.3, 0.4) is 0 Å². The van der Waals surface area contributed by atoms with Gasteiger partial charge in [-0.05, 0) is 43.7 Å². The average Bonchev–Trinajstić information content (AvgIpc) is 3.00. The molecule has 0 atom stereocenters. The van der Waals surface area contributed by atoms with Crippen LogP contribution in [0.2, 0.25) is 0 Å². The zero-order valence-electron chi connectivity index (χ0n) is 12.4. The lowest BCUT2D eigenvalue weighted by Crippen LogP contribution is -2.33. The van der Waals surface area contributed by atoms with E-state index in [-0.39, 0.29) is 5.60 Å². The van der Waals surface area contributed by atoms with Gasteiger partial charge < -0.3 is 4.74 Å². The zero-order valence-corrected chi connectivity index (χ0v) is 14.8. The van der Waals surface area contributed by atoms with Crippen LogP contribution in [0.15, 0.2) is 34.1 Å². The Hall–Kier alpha value is -0.710. The number of rotatable bonds is 3. The van der Waals surface area contributed by atoms with Crippen molar-refractivity contribution in [3.63, 3.8) is 0 Å². The van der Waals surface area contributed by atoms with E-state index in [0.717, 1.165) is 39.5 Å². The molecule has 0 radical (unpaired) electrons. The van der Waals surface area contributed by atoms with Crippen LogP contribution in [0, 0.1) is 5.92 Å². The summed E-state index contributed by atoms with van der Waals surface area (Å²) < 4.78 is 7.02. The predicted octanol–water partition coefficient (Wildman–Crippen LogP) is 5.62. The Morgan fingerprint density at radius 1 is 1.24 bits per heavy atom. The number of methoxy groups -OCH3 is 1. The van der Waals surface area contributed by atoms with Gasteiger partial charge in [-0.2, -0.15) is 0 Å². The number of thiazole rings is 1. The van der Waals surface area contributed by atoms with Gasteiger partial charge in [0.2, 0.25) is 0 Å². The molecule has 0 aliphatic heterocycles. The lowest BCUT2D eigenvalue weighted by molar-refractivity contribution is -0.0530. The van der Waals surface area contributed by atoms with Crippen molar-refractivity contribution in [2.45, 2.75) is 38.2 Å².